The molecule has 0 saturated heterocycles. The quantitative estimate of drug-likeness (QED) is 0.580. The van der Waals surface area contributed by atoms with Crippen LogP contribution in [0.25, 0.3) is 0 Å². The van der Waals surface area contributed by atoms with Crippen LogP contribution in [0.15, 0.2) is 6.20 Å². The van der Waals surface area contributed by atoms with Gasteiger partial charge in [0.1, 0.15) is 11.0 Å². The van der Waals surface area contributed by atoms with Crippen molar-refractivity contribution in [3.8, 4) is 0 Å². The second kappa shape index (κ2) is 3.02. The molecule has 2 nitrogen and oxygen atoms in total. The fourth-order valence-corrected chi connectivity index (χ4v) is 0.911. The van der Waals surface area contributed by atoms with Crippen LogP contribution in [-0.2, 0) is 5.41 Å². The Morgan fingerprint density at radius 2 is 1.92 bits per heavy atom. The summed E-state index contributed by atoms with van der Waals surface area (Å²) in [6, 6.07) is 0. The predicted molar refractivity (Wildman–Crippen MR) is 50.5 cm³/mol. The van der Waals surface area contributed by atoms with Crippen molar-refractivity contribution in [1.82, 2.24) is 9.97 Å². The highest BCUT2D eigenvalue weighted by atomic mass is 35.5. The van der Waals surface area contributed by atoms with Gasteiger partial charge in [-0.05, 0) is 6.92 Å². The van der Waals surface area contributed by atoms with Gasteiger partial charge in [-0.25, -0.2) is 9.97 Å². The Bertz CT molecular complexity index is 289. The van der Waals surface area contributed by atoms with Crippen LogP contribution in [0, 0.1) is 6.92 Å². The van der Waals surface area contributed by atoms with E-state index in [9.17, 15) is 0 Å². The molecule has 66 valence electrons. The molecule has 0 aliphatic carbocycles. The summed E-state index contributed by atoms with van der Waals surface area (Å²) >= 11 is 5.87. The van der Waals surface area contributed by atoms with Crippen LogP contribution in [0.5, 0.6) is 0 Å². The van der Waals surface area contributed by atoms with E-state index < -0.39 is 0 Å². The summed E-state index contributed by atoms with van der Waals surface area (Å²) < 4.78 is 0. The highest BCUT2D eigenvalue weighted by Crippen LogP contribution is 2.20. The Balaban J connectivity index is 3.14. The monoisotopic (exact) mass is 184 g/mol. The average molecular weight is 185 g/mol. The standard InChI is InChI=1S/C9H13ClN2/c1-6-5-11-8(9(2,3)4)12-7(6)10/h5H,1-4H3. The van der Waals surface area contributed by atoms with Gasteiger partial charge in [-0.3, -0.25) is 0 Å². The molecule has 1 heterocycles. The maximum Gasteiger partial charge on any atom is 0.135 e. The van der Waals surface area contributed by atoms with E-state index in [0.717, 1.165) is 11.4 Å². The van der Waals surface area contributed by atoms with E-state index in [2.05, 4.69) is 30.7 Å². The first-order chi connectivity index (χ1) is 5.41. The summed E-state index contributed by atoms with van der Waals surface area (Å²) in [6.45, 7) is 8.09. The molecule has 0 N–H and O–H groups in total. The molecule has 0 atom stereocenters. The minimum atomic E-state index is -0.0304. The van der Waals surface area contributed by atoms with Gasteiger partial charge in [0.2, 0.25) is 0 Å². The second-order valence-electron chi connectivity index (χ2n) is 3.92. The molecule has 0 fully saturated rings. The SMILES string of the molecule is Cc1cnc(C(C)(C)C)nc1Cl. The molecule has 0 aliphatic rings. The maximum absolute atomic E-state index is 5.87. The zero-order valence-corrected chi connectivity index (χ0v) is 8.61. The molecule has 0 unspecified atom stereocenters. The molecule has 3 heteroatoms. The number of halogens is 1. The first kappa shape index (κ1) is 9.46. The van der Waals surface area contributed by atoms with Gasteiger partial charge in [-0.15, -0.1) is 0 Å². The minimum absolute atomic E-state index is 0.0304. The Morgan fingerprint density at radius 3 is 2.33 bits per heavy atom. The Hall–Kier alpha value is -0.630. The first-order valence-corrected chi connectivity index (χ1v) is 4.28. The molecule has 0 aliphatic heterocycles. The largest absolute Gasteiger partial charge is 0.240 e. The number of hydrogen-bond donors (Lipinski definition) is 0. The van der Waals surface area contributed by atoms with Crippen LogP contribution in [0.4, 0.5) is 0 Å². The fourth-order valence-electron chi connectivity index (χ4n) is 0.783. The van der Waals surface area contributed by atoms with Crippen molar-refractivity contribution in [2.45, 2.75) is 33.1 Å². The van der Waals surface area contributed by atoms with E-state index in [-0.39, 0.29) is 5.41 Å². The second-order valence-corrected chi connectivity index (χ2v) is 4.28. The molecule has 1 aromatic rings. The van der Waals surface area contributed by atoms with E-state index in [1.54, 1.807) is 6.20 Å². The highest BCUT2D eigenvalue weighted by Gasteiger charge is 2.17. The van der Waals surface area contributed by atoms with Gasteiger partial charge in [0.15, 0.2) is 0 Å². The smallest absolute Gasteiger partial charge is 0.135 e. The van der Waals surface area contributed by atoms with Gasteiger partial charge in [-0.1, -0.05) is 32.4 Å². The van der Waals surface area contributed by atoms with Crippen LogP contribution in [-0.4, -0.2) is 9.97 Å². The highest BCUT2D eigenvalue weighted by molar-refractivity contribution is 6.30. The molecular formula is C9H13ClN2. The maximum atomic E-state index is 5.87. The van der Waals surface area contributed by atoms with Crippen LogP contribution < -0.4 is 0 Å². The van der Waals surface area contributed by atoms with Gasteiger partial charge in [0, 0.05) is 17.2 Å². The van der Waals surface area contributed by atoms with Crippen LogP contribution in [0.2, 0.25) is 5.15 Å². The summed E-state index contributed by atoms with van der Waals surface area (Å²) in [5, 5.41) is 0.551. The lowest BCUT2D eigenvalue weighted by Crippen LogP contribution is -2.16. The zero-order valence-electron chi connectivity index (χ0n) is 7.85. The van der Waals surface area contributed by atoms with Crippen molar-refractivity contribution in [3.63, 3.8) is 0 Å². The van der Waals surface area contributed by atoms with Crippen molar-refractivity contribution in [3.05, 3.63) is 22.7 Å². The minimum Gasteiger partial charge on any atom is -0.240 e. The van der Waals surface area contributed by atoms with Crippen LogP contribution >= 0.6 is 11.6 Å². The fraction of sp³-hybridized carbons (Fsp3) is 0.556. The number of aryl methyl sites for hydroxylation is 1. The summed E-state index contributed by atoms with van der Waals surface area (Å²) in [6.07, 6.45) is 1.76. The Kier molecular flexibility index (Phi) is 2.38. The topological polar surface area (TPSA) is 25.8 Å². The Morgan fingerprint density at radius 1 is 1.33 bits per heavy atom. The molecule has 0 radical (unpaired) electrons. The Labute approximate surface area is 78.0 Å². The lowest BCUT2D eigenvalue weighted by atomic mass is 9.96. The summed E-state index contributed by atoms with van der Waals surface area (Å²) in [7, 11) is 0. The van der Waals surface area contributed by atoms with Crippen molar-refractivity contribution in [2.24, 2.45) is 0 Å². The van der Waals surface area contributed by atoms with Crippen molar-refractivity contribution >= 4 is 11.6 Å². The summed E-state index contributed by atoms with van der Waals surface area (Å²) in [4.78, 5) is 8.41. The molecule has 12 heavy (non-hydrogen) atoms. The molecule has 1 rings (SSSR count). The van der Waals surface area contributed by atoms with Crippen LogP contribution in [0.1, 0.15) is 32.2 Å². The lowest BCUT2D eigenvalue weighted by molar-refractivity contribution is 0.544. The van der Waals surface area contributed by atoms with Crippen molar-refractivity contribution in [2.75, 3.05) is 0 Å². The van der Waals surface area contributed by atoms with Gasteiger partial charge >= 0.3 is 0 Å². The average Bonchev–Trinajstić information content (AvgIpc) is 1.92. The van der Waals surface area contributed by atoms with Crippen molar-refractivity contribution < 1.29 is 0 Å². The van der Waals surface area contributed by atoms with Gasteiger partial charge in [-0.2, -0.15) is 0 Å². The first-order valence-electron chi connectivity index (χ1n) is 3.91. The van der Waals surface area contributed by atoms with E-state index in [4.69, 9.17) is 11.6 Å². The third-order valence-electron chi connectivity index (χ3n) is 1.58. The third-order valence-corrected chi connectivity index (χ3v) is 1.96. The van der Waals surface area contributed by atoms with Crippen LogP contribution in [0.3, 0.4) is 0 Å². The number of nitrogens with zero attached hydrogens (tertiary/aromatic N) is 2. The number of hydrogen-bond acceptors (Lipinski definition) is 2. The normalized spacial score (nSPS) is 11.8. The molecule has 0 aromatic carbocycles. The van der Waals surface area contributed by atoms with Crippen molar-refractivity contribution in [1.29, 1.82) is 0 Å². The molecular weight excluding hydrogens is 172 g/mol. The predicted octanol–water partition coefficient (Wildman–Crippen LogP) is 2.74. The molecule has 0 saturated carbocycles. The van der Waals surface area contributed by atoms with E-state index in [0.29, 0.717) is 5.15 Å². The third kappa shape index (κ3) is 1.95. The molecule has 0 amide bonds. The van der Waals surface area contributed by atoms with E-state index in [1.165, 1.54) is 0 Å². The zero-order chi connectivity index (χ0) is 9.35. The van der Waals surface area contributed by atoms with E-state index >= 15 is 0 Å². The van der Waals surface area contributed by atoms with Gasteiger partial charge in [0.05, 0.1) is 0 Å². The molecule has 0 bridgehead atoms. The summed E-state index contributed by atoms with van der Waals surface area (Å²) in [5.41, 5.74) is 0.891. The molecule has 0 spiro atoms. The number of rotatable bonds is 0. The van der Waals surface area contributed by atoms with Gasteiger partial charge < -0.3 is 0 Å². The van der Waals surface area contributed by atoms with E-state index in [1.807, 2.05) is 6.92 Å². The number of aromatic nitrogens is 2. The summed E-state index contributed by atoms with van der Waals surface area (Å²) in [5.74, 6) is 0.790. The lowest BCUT2D eigenvalue weighted by Gasteiger charge is -2.16. The molecule has 1 aromatic heterocycles. The van der Waals surface area contributed by atoms with Gasteiger partial charge in [0.25, 0.3) is 0 Å².